The van der Waals surface area contributed by atoms with Gasteiger partial charge in [-0.1, -0.05) is 13.8 Å². The number of halogens is 3. The number of nitrogens with zero attached hydrogens (tertiary/aromatic N) is 2. The van der Waals surface area contributed by atoms with E-state index in [1.807, 2.05) is 6.92 Å². The van der Waals surface area contributed by atoms with Gasteiger partial charge in [0.25, 0.3) is 0 Å². The summed E-state index contributed by atoms with van der Waals surface area (Å²) in [5.74, 6) is 0. The fourth-order valence-electron chi connectivity index (χ4n) is 3.00. The first-order valence-corrected chi connectivity index (χ1v) is 7.89. The second-order valence-corrected chi connectivity index (χ2v) is 5.92. The van der Waals surface area contributed by atoms with Crippen molar-refractivity contribution in [2.45, 2.75) is 57.9 Å². The van der Waals surface area contributed by atoms with Crippen LogP contribution in [0.2, 0.25) is 0 Å². The summed E-state index contributed by atoms with van der Waals surface area (Å²) in [5, 5.41) is 3.52. The highest BCUT2D eigenvalue weighted by Gasteiger charge is 2.33. The minimum Gasteiger partial charge on any atom is -0.311 e. The Morgan fingerprint density at radius 1 is 1.32 bits per heavy atom. The quantitative estimate of drug-likeness (QED) is 0.920. The van der Waals surface area contributed by atoms with E-state index in [2.05, 4.69) is 29.0 Å². The molecule has 0 aliphatic carbocycles. The van der Waals surface area contributed by atoms with Crippen molar-refractivity contribution in [2.24, 2.45) is 0 Å². The van der Waals surface area contributed by atoms with Crippen LogP contribution in [0.15, 0.2) is 18.3 Å². The van der Waals surface area contributed by atoms with Crippen molar-refractivity contribution in [3.8, 4) is 0 Å². The van der Waals surface area contributed by atoms with E-state index in [1.165, 1.54) is 6.07 Å². The van der Waals surface area contributed by atoms with Crippen LogP contribution >= 0.6 is 0 Å². The Hall–Kier alpha value is -1.14. The van der Waals surface area contributed by atoms with E-state index in [1.54, 1.807) is 0 Å². The third-order valence-corrected chi connectivity index (χ3v) is 4.55. The zero-order valence-electron chi connectivity index (χ0n) is 13.3. The van der Waals surface area contributed by atoms with Gasteiger partial charge in [-0.2, -0.15) is 13.2 Å². The second kappa shape index (κ2) is 6.96. The average Bonchev–Trinajstić information content (AvgIpc) is 2.52. The molecule has 0 amide bonds. The summed E-state index contributed by atoms with van der Waals surface area (Å²) in [4.78, 5) is 6.42. The highest BCUT2D eigenvalue weighted by Crippen LogP contribution is 2.30. The predicted molar refractivity (Wildman–Crippen MR) is 80.5 cm³/mol. The summed E-state index contributed by atoms with van der Waals surface area (Å²) < 4.78 is 37.9. The monoisotopic (exact) mass is 315 g/mol. The fraction of sp³-hybridized carbons (Fsp3) is 0.688. The molecule has 1 fully saturated rings. The van der Waals surface area contributed by atoms with Crippen LogP contribution in [0, 0.1) is 0 Å². The molecule has 22 heavy (non-hydrogen) atoms. The van der Waals surface area contributed by atoms with Crippen molar-refractivity contribution >= 4 is 0 Å². The summed E-state index contributed by atoms with van der Waals surface area (Å²) in [6, 6.07) is 3.47. The first-order chi connectivity index (χ1) is 10.4. The molecule has 1 aliphatic rings. The highest BCUT2D eigenvalue weighted by atomic mass is 19.4. The van der Waals surface area contributed by atoms with Crippen LogP contribution in [-0.2, 0) is 6.18 Å². The van der Waals surface area contributed by atoms with Crippen LogP contribution < -0.4 is 5.32 Å². The Labute approximate surface area is 129 Å². The molecular formula is C16H24F3N3. The highest BCUT2D eigenvalue weighted by molar-refractivity contribution is 5.19. The molecule has 3 atom stereocenters. The predicted octanol–water partition coefficient (Wildman–Crippen LogP) is 3.62. The van der Waals surface area contributed by atoms with E-state index < -0.39 is 11.7 Å². The molecule has 3 nitrogen and oxygen atoms in total. The van der Waals surface area contributed by atoms with E-state index in [0.717, 1.165) is 38.2 Å². The Morgan fingerprint density at radius 2 is 2.05 bits per heavy atom. The Kier molecular flexibility index (Phi) is 5.45. The molecule has 0 spiro atoms. The van der Waals surface area contributed by atoms with Gasteiger partial charge in [0, 0.05) is 37.4 Å². The Bertz CT molecular complexity index is 473. The van der Waals surface area contributed by atoms with Crippen molar-refractivity contribution in [3.63, 3.8) is 0 Å². The molecule has 2 heterocycles. The van der Waals surface area contributed by atoms with E-state index in [9.17, 15) is 13.2 Å². The van der Waals surface area contributed by atoms with Crippen LogP contribution in [0.1, 0.15) is 50.9 Å². The maximum Gasteiger partial charge on any atom is 0.417 e. The van der Waals surface area contributed by atoms with Crippen LogP contribution in [0.3, 0.4) is 0 Å². The van der Waals surface area contributed by atoms with Crippen LogP contribution in [0.5, 0.6) is 0 Å². The van der Waals surface area contributed by atoms with Gasteiger partial charge in [0.15, 0.2) is 0 Å². The molecule has 1 saturated heterocycles. The Morgan fingerprint density at radius 3 is 2.55 bits per heavy atom. The number of rotatable bonds is 4. The van der Waals surface area contributed by atoms with Gasteiger partial charge in [-0.05, 0) is 31.9 Å². The average molecular weight is 315 g/mol. The van der Waals surface area contributed by atoms with Crippen molar-refractivity contribution in [3.05, 3.63) is 29.6 Å². The number of nitrogens with one attached hydrogen (secondary N) is 1. The fourth-order valence-corrected chi connectivity index (χ4v) is 3.00. The number of piperazine rings is 1. The lowest BCUT2D eigenvalue weighted by molar-refractivity contribution is -0.137. The number of hydrogen-bond donors (Lipinski definition) is 1. The molecule has 1 aromatic heterocycles. The first kappa shape index (κ1) is 17.2. The van der Waals surface area contributed by atoms with Gasteiger partial charge in [0.1, 0.15) is 0 Å². The van der Waals surface area contributed by atoms with Crippen LogP contribution in [0.4, 0.5) is 13.2 Å². The standard InChI is InChI=1S/C16H24F3N3/c1-4-13-10-22(14(5-2)9-20-13)11(3)15-7-6-12(8-21-15)16(17,18)19/h6-8,11,13-14,20H,4-5,9-10H2,1-3H3/t11?,13-,14+/m0/s1. The second-order valence-electron chi connectivity index (χ2n) is 5.92. The van der Waals surface area contributed by atoms with Crippen molar-refractivity contribution in [1.29, 1.82) is 0 Å². The molecule has 1 unspecified atom stereocenters. The van der Waals surface area contributed by atoms with E-state index >= 15 is 0 Å². The largest absolute Gasteiger partial charge is 0.417 e. The molecule has 1 aromatic rings. The number of hydrogen-bond acceptors (Lipinski definition) is 3. The van der Waals surface area contributed by atoms with Gasteiger partial charge in [-0.25, -0.2) is 0 Å². The zero-order chi connectivity index (χ0) is 16.3. The zero-order valence-corrected chi connectivity index (χ0v) is 13.3. The van der Waals surface area contributed by atoms with Crippen LogP contribution in [0.25, 0.3) is 0 Å². The molecule has 2 rings (SSSR count). The first-order valence-electron chi connectivity index (χ1n) is 7.89. The van der Waals surface area contributed by atoms with Gasteiger partial charge in [0.05, 0.1) is 11.3 Å². The molecule has 0 aromatic carbocycles. The number of pyridine rings is 1. The topological polar surface area (TPSA) is 28.2 Å². The lowest BCUT2D eigenvalue weighted by Gasteiger charge is -2.43. The minimum atomic E-state index is -4.33. The van der Waals surface area contributed by atoms with Gasteiger partial charge in [-0.15, -0.1) is 0 Å². The molecule has 124 valence electrons. The number of aromatic nitrogens is 1. The van der Waals surface area contributed by atoms with Gasteiger partial charge in [0.2, 0.25) is 0 Å². The number of alkyl halides is 3. The van der Waals surface area contributed by atoms with Crippen molar-refractivity contribution < 1.29 is 13.2 Å². The molecule has 1 aliphatic heterocycles. The van der Waals surface area contributed by atoms with Gasteiger partial charge < -0.3 is 5.32 Å². The summed E-state index contributed by atoms with van der Waals surface area (Å²) in [7, 11) is 0. The van der Waals surface area contributed by atoms with Crippen LogP contribution in [-0.4, -0.2) is 35.1 Å². The third-order valence-electron chi connectivity index (χ3n) is 4.55. The normalized spacial score (nSPS) is 25.2. The van der Waals surface area contributed by atoms with Crippen molar-refractivity contribution in [2.75, 3.05) is 13.1 Å². The summed E-state index contributed by atoms with van der Waals surface area (Å²) in [6.45, 7) is 8.12. The maximum atomic E-state index is 12.6. The third kappa shape index (κ3) is 3.79. The molecule has 1 N–H and O–H groups in total. The van der Waals surface area contributed by atoms with Gasteiger partial charge >= 0.3 is 6.18 Å². The maximum absolute atomic E-state index is 12.6. The summed E-state index contributed by atoms with van der Waals surface area (Å²) in [6.07, 6.45) is -1.34. The molecule has 0 bridgehead atoms. The smallest absolute Gasteiger partial charge is 0.311 e. The minimum absolute atomic E-state index is 0.0170. The van der Waals surface area contributed by atoms with E-state index in [-0.39, 0.29) is 6.04 Å². The van der Waals surface area contributed by atoms with E-state index in [0.29, 0.717) is 17.8 Å². The summed E-state index contributed by atoms with van der Waals surface area (Å²) in [5.41, 5.74) is 0.00504. The lowest BCUT2D eigenvalue weighted by Crippen LogP contribution is -2.56. The van der Waals surface area contributed by atoms with E-state index in [4.69, 9.17) is 0 Å². The summed E-state index contributed by atoms with van der Waals surface area (Å²) >= 11 is 0. The molecular weight excluding hydrogens is 291 g/mol. The lowest BCUT2D eigenvalue weighted by atomic mass is 10.0. The molecule has 0 radical (unpaired) electrons. The SMILES string of the molecule is CC[C@H]1CN(C(C)c2ccc(C(F)(F)F)cn2)[C@H](CC)CN1. The van der Waals surface area contributed by atoms with Gasteiger partial charge in [-0.3, -0.25) is 9.88 Å². The Balaban J connectivity index is 2.16. The van der Waals surface area contributed by atoms with Crippen molar-refractivity contribution in [1.82, 2.24) is 15.2 Å². The molecule has 0 saturated carbocycles. The molecule has 6 heteroatoms.